The molecule has 0 aliphatic carbocycles. The van der Waals surface area contributed by atoms with E-state index in [4.69, 9.17) is 72.7 Å². The van der Waals surface area contributed by atoms with Gasteiger partial charge in [0.2, 0.25) is 0 Å². The molecule has 0 aliphatic rings. The van der Waals surface area contributed by atoms with Crippen molar-refractivity contribution < 1.29 is 71.1 Å². The zero-order valence-electron chi connectivity index (χ0n) is 29.6. The molecule has 48 heavy (non-hydrogen) atoms. The van der Waals surface area contributed by atoms with Crippen LogP contribution in [0, 0.1) is 12.3 Å². The quantitative estimate of drug-likeness (QED) is 0.0514. The Morgan fingerprint density at radius 2 is 0.604 bits per heavy atom. The van der Waals surface area contributed by atoms with Gasteiger partial charge in [-0.15, -0.1) is 6.42 Å². The molecule has 15 heteroatoms. The van der Waals surface area contributed by atoms with Gasteiger partial charge in [-0.05, 0) is 20.8 Å². The third-order valence-corrected chi connectivity index (χ3v) is 5.29. The number of esters is 1. The van der Waals surface area contributed by atoms with Crippen LogP contribution in [0.4, 0.5) is 0 Å². The van der Waals surface area contributed by atoms with Crippen LogP contribution in [0.2, 0.25) is 0 Å². The standard InChI is InChI=1S/C33H62O15/c1-5-6-35-7-8-36-9-10-37-11-12-38-13-14-39-15-16-40-17-18-41-19-20-42-21-22-43-23-24-44-25-26-45-27-28-46-29-30-47-31-32(34)48-33(2,3)4/h1H,6-31H2,2-4H3. The third kappa shape index (κ3) is 42.5. The molecule has 284 valence electrons. The molecule has 0 aromatic heterocycles. The second-order valence-corrected chi connectivity index (χ2v) is 10.6. The SMILES string of the molecule is C#CCOCCOCCOCCOCCOCCOCCOCCOCCOCCOCCOCCOCCOCC(=O)OC(C)(C)C. The Morgan fingerprint density at radius 1 is 0.396 bits per heavy atom. The van der Waals surface area contributed by atoms with Gasteiger partial charge in [0.15, 0.2) is 0 Å². The van der Waals surface area contributed by atoms with Gasteiger partial charge in [0.25, 0.3) is 0 Å². The molecule has 0 unspecified atom stereocenters. The van der Waals surface area contributed by atoms with Crippen molar-refractivity contribution in [1.29, 1.82) is 0 Å². The molecular formula is C33H62O15. The highest BCUT2D eigenvalue weighted by atomic mass is 16.6. The van der Waals surface area contributed by atoms with Crippen LogP contribution in [0.1, 0.15) is 20.8 Å². The summed E-state index contributed by atoms with van der Waals surface area (Å²) in [7, 11) is 0. The van der Waals surface area contributed by atoms with Crippen LogP contribution in [0.25, 0.3) is 0 Å². The monoisotopic (exact) mass is 698 g/mol. The van der Waals surface area contributed by atoms with Crippen molar-refractivity contribution in [1.82, 2.24) is 0 Å². The number of terminal acetylenes is 1. The molecule has 0 heterocycles. The maximum Gasteiger partial charge on any atom is 0.332 e. The first kappa shape index (κ1) is 46.5. The molecule has 0 spiro atoms. The predicted octanol–water partition coefficient (Wildman–Crippen LogP) is 1.18. The fourth-order valence-electron chi connectivity index (χ4n) is 3.19. The Kier molecular flexibility index (Phi) is 37.1. The largest absolute Gasteiger partial charge is 0.458 e. The van der Waals surface area contributed by atoms with E-state index < -0.39 is 5.60 Å². The van der Waals surface area contributed by atoms with E-state index in [-0.39, 0.29) is 12.6 Å². The zero-order chi connectivity index (χ0) is 35.1. The summed E-state index contributed by atoms with van der Waals surface area (Å²) >= 11 is 0. The molecular weight excluding hydrogens is 636 g/mol. The molecule has 0 saturated heterocycles. The van der Waals surface area contributed by atoms with Gasteiger partial charge in [-0.25, -0.2) is 4.79 Å². The number of hydrogen-bond acceptors (Lipinski definition) is 15. The molecule has 0 rings (SSSR count). The number of ether oxygens (including phenoxy) is 14. The van der Waals surface area contributed by atoms with Crippen LogP contribution < -0.4 is 0 Å². The summed E-state index contributed by atoms with van der Waals surface area (Å²) in [4.78, 5) is 11.5. The van der Waals surface area contributed by atoms with Gasteiger partial charge in [0, 0.05) is 0 Å². The maximum atomic E-state index is 11.5. The lowest BCUT2D eigenvalue weighted by Crippen LogP contribution is -2.27. The van der Waals surface area contributed by atoms with E-state index in [1.807, 2.05) is 20.8 Å². The lowest BCUT2D eigenvalue weighted by molar-refractivity contribution is -0.160. The van der Waals surface area contributed by atoms with Crippen molar-refractivity contribution in [3.05, 3.63) is 0 Å². The van der Waals surface area contributed by atoms with Crippen LogP contribution in [0.3, 0.4) is 0 Å². The molecule has 0 aromatic carbocycles. The minimum absolute atomic E-state index is 0.0855. The summed E-state index contributed by atoms with van der Waals surface area (Å²) in [5.74, 6) is 2.01. The molecule has 0 atom stereocenters. The summed E-state index contributed by atoms with van der Waals surface area (Å²) in [6.45, 7) is 17.1. The van der Waals surface area contributed by atoms with Crippen LogP contribution in [0.5, 0.6) is 0 Å². The molecule has 0 saturated carbocycles. The van der Waals surface area contributed by atoms with Crippen LogP contribution >= 0.6 is 0 Å². The summed E-state index contributed by atoms with van der Waals surface area (Å²) in [6.07, 6.45) is 5.08. The maximum absolute atomic E-state index is 11.5. The fourth-order valence-corrected chi connectivity index (χ4v) is 3.19. The van der Waals surface area contributed by atoms with E-state index >= 15 is 0 Å². The third-order valence-electron chi connectivity index (χ3n) is 5.29. The average Bonchev–Trinajstić information content (AvgIpc) is 3.05. The smallest absolute Gasteiger partial charge is 0.332 e. The lowest BCUT2D eigenvalue weighted by Gasteiger charge is -2.19. The van der Waals surface area contributed by atoms with Crippen molar-refractivity contribution in [3.8, 4) is 12.3 Å². The summed E-state index contributed by atoms with van der Waals surface area (Å²) in [5, 5.41) is 0. The van der Waals surface area contributed by atoms with E-state index in [1.54, 1.807) is 0 Å². The van der Waals surface area contributed by atoms with E-state index in [1.165, 1.54) is 0 Å². The normalized spacial score (nSPS) is 11.6. The first-order valence-electron chi connectivity index (χ1n) is 16.6. The minimum Gasteiger partial charge on any atom is -0.458 e. The number of carbonyl (C=O) groups is 1. The molecule has 0 fully saturated rings. The Balaban J connectivity index is 3.09. The first-order chi connectivity index (χ1) is 23.5. The highest BCUT2D eigenvalue weighted by molar-refractivity contribution is 5.71. The van der Waals surface area contributed by atoms with Gasteiger partial charge < -0.3 is 66.3 Å². The van der Waals surface area contributed by atoms with Crippen molar-refractivity contribution >= 4 is 5.97 Å². The number of rotatable bonds is 39. The molecule has 0 aromatic rings. The Hall–Kier alpha value is -1.49. The van der Waals surface area contributed by atoms with Gasteiger partial charge in [-0.2, -0.15) is 0 Å². The van der Waals surface area contributed by atoms with E-state index in [0.29, 0.717) is 165 Å². The minimum atomic E-state index is -0.513. The summed E-state index contributed by atoms with van der Waals surface area (Å²) < 4.78 is 75.2. The van der Waals surface area contributed by atoms with Crippen molar-refractivity contribution in [3.63, 3.8) is 0 Å². The first-order valence-corrected chi connectivity index (χ1v) is 16.6. The Morgan fingerprint density at radius 3 is 0.812 bits per heavy atom. The van der Waals surface area contributed by atoms with Gasteiger partial charge >= 0.3 is 5.97 Å². The molecule has 0 bridgehead atoms. The summed E-state index contributed by atoms with van der Waals surface area (Å²) in [5.41, 5.74) is -0.513. The average molecular weight is 699 g/mol. The second kappa shape index (κ2) is 38.3. The predicted molar refractivity (Wildman–Crippen MR) is 175 cm³/mol. The number of hydrogen-bond donors (Lipinski definition) is 0. The summed E-state index contributed by atoms with van der Waals surface area (Å²) in [6, 6.07) is 0. The molecule has 0 radical (unpaired) electrons. The fraction of sp³-hybridized carbons (Fsp3) is 0.909. The van der Waals surface area contributed by atoms with Gasteiger partial charge in [0.1, 0.15) is 18.8 Å². The van der Waals surface area contributed by atoms with Crippen LogP contribution in [-0.4, -0.2) is 183 Å². The van der Waals surface area contributed by atoms with Crippen LogP contribution in [0.15, 0.2) is 0 Å². The van der Waals surface area contributed by atoms with E-state index in [2.05, 4.69) is 5.92 Å². The van der Waals surface area contributed by atoms with Crippen molar-refractivity contribution in [2.75, 3.05) is 172 Å². The number of carbonyl (C=O) groups excluding carboxylic acids is 1. The van der Waals surface area contributed by atoms with Crippen molar-refractivity contribution in [2.45, 2.75) is 26.4 Å². The molecule has 0 N–H and O–H groups in total. The highest BCUT2D eigenvalue weighted by Crippen LogP contribution is 2.06. The molecule has 0 amide bonds. The van der Waals surface area contributed by atoms with Gasteiger partial charge in [-0.1, -0.05) is 5.92 Å². The van der Waals surface area contributed by atoms with Gasteiger partial charge in [-0.3, -0.25) is 0 Å². The van der Waals surface area contributed by atoms with Crippen LogP contribution in [-0.2, 0) is 71.1 Å². The zero-order valence-corrected chi connectivity index (χ0v) is 29.6. The van der Waals surface area contributed by atoms with Crippen molar-refractivity contribution in [2.24, 2.45) is 0 Å². The Labute approximate surface area is 287 Å². The van der Waals surface area contributed by atoms with Gasteiger partial charge in [0.05, 0.1) is 159 Å². The molecule has 15 nitrogen and oxygen atoms in total. The second-order valence-electron chi connectivity index (χ2n) is 10.6. The van der Waals surface area contributed by atoms with E-state index in [0.717, 1.165) is 0 Å². The molecule has 0 aliphatic heterocycles. The Bertz CT molecular complexity index is 700. The topological polar surface area (TPSA) is 146 Å². The highest BCUT2D eigenvalue weighted by Gasteiger charge is 2.15. The van der Waals surface area contributed by atoms with E-state index in [9.17, 15) is 4.79 Å². The lowest BCUT2D eigenvalue weighted by atomic mass is 10.2.